The summed E-state index contributed by atoms with van der Waals surface area (Å²) in [6.45, 7) is 0. The maximum Gasteiger partial charge on any atom is 0.132 e. The number of hydrogen-bond donors (Lipinski definition) is 0. The monoisotopic (exact) mass is 902 g/mol. The first-order valence-electron chi connectivity index (χ1n) is 24.5. The first-order valence-corrected chi connectivity index (χ1v) is 24.5. The Morgan fingerprint density at radius 2 is 0.676 bits per heavy atom. The smallest absolute Gasteiger partial charge is 0.132 e. The van der Waals surface area contributed by atoms with Crippen LogP contribution in [0.2, 0.25) is 0 Å². The van der Waals surface area contributed by atoms with Crippen molar-refractivity contribution in [2.24, 2.45) is 0 Å². The second-order valence-electron chi connectivity index (χ2n) is 19.5. The van der Waals surface area contributed by atoms with Gasteiger partial charge in [-0.3, -0.25) is 9.97 Å². The molecule has 0 atom stereocenters. The maximum absolute atomic E-state index is 7.38. The standard InChI is InChI=1S/C66H38N4O/c1-8-24-49-41(17-1)42-18-2-9-25-50(42)65(49)51-26-10-3-19-43(51)48-35-54-62(36-53(48)65)71-61-32-16-11-27-52(61)66(54)55-33-39(69-57-28-12-4-20-44(57)45-21-5-13-29-58(45)69)37-67-63(55)64-56(66)34-40(38-68-64)70-59-30-14-6-22-46(59)47-23-7-15-31-60(47)70/h1-38H. The molecule has 13 aromatic rings. The van der Waals surface area contributed by atoms with Crippen LogP contribution < -0.4 is 4.74 Å². The number of hydrogen-bond acceptors (Lipinski definition) is 3. The SMILES string of the molecule is c1ccc2c(c1)Oc1cc3c(cc1C21c2cc(-n4c5ccccc5c5ccccc54)cnc2-c2ncc(-n4c5ccccc5c5ccccc54)cc21)-c1ccccc1C31c2ccccc2-c2ccccc21. The summed E-state index contributed by atoms with van der Waals surface area (Å²) in [6.07, 6.45) is 4.10. The van der Waals surface area contributed by atoms with Crippen molar-refractivity contribution < 1.29 is 4.74 Å². The molecule has 0 saturated carbocycles. The number of ether oxygens (including phenoxy) is 1. The Labute approximate surface area is 408 Å². The van der Waals surface area contributed by atoms with Crippen LogP contribution in [0.25, 0.3) is 88.6 Å². The molecular weight excluding hydrogens is 865 g/mol. The topological polar surface area (TPSA) is 44.9 Å². The number of aromatic nitrogens is 4. The van der Waals surface area contributed by atoms with E-state index in [2.05, 4.69) is 228 Å². The average molecular weight is 903 g/mol. The van der Waals surface area contributed by atoms with Gasteiger partial charge in [-0.2, -0.15) is 0 Å². The molecular formula is C66H38N4O. The highest BCUT2D eigenvalue weighted by Crippen LogP contribution is 2.67. The van der Waals surface area contributed by atoms with E-state index in [-0.39, 0.29) is 0 Å². The van der Waals surface area contributed by atoms with Gasteiger partial charge >= 0.3 is 0 Å². The molecule has 328 valence electrons. The fraction of sp³-hybridized carbons (Fsp3) is 0.0303. The molecule has 1 aliphatic heterocycles. The Balaban J connectivity index is 1.01. The van der Waals surface area contributed by atoms with Gasteiger partial charge in [-0.1, -0.05) is 164 Å². The summed E-state index contributed by atoms with van der Waals surface area (Å²) >= 11 is 0. The third-order valence-electron chi connectivity index (χ3n) is 16.5. The van der Waals surface area contributed by atoms with Gasteiger partial charge in [-0.05, 0) is 99.1 Å². The third-order valence-corrected chi connectivity index (χ3v) is 16.5. The minimum Gasteiger partial charge on any atom is -0.457 e. The molecule has 0 amide bonds. The zero-order valence-electron chi connectivity index (χ0n) is 38.1. The number of fused-ring (bicyclic) bond motifs is 25. The van der Waals surface area contributed by atoms with Crippen LogP contribution in [0, 0.1) is 0 Å². The molecule has 0 N–H and O–H groups in total. The lowest BCUT2D eigenvalue weighted by molar-refractivity contribution is 0.435. The van der Waals surface area contributed by atoms with Crippen LogP contribution in [0.3, 0.4) is 0 Å². The molecule has 0 radical (unpaired) electrons. The predicted molar refractivity (Wildman–Crippen MR) is 284 cm³/mol. The summed E-state index contributed by atoms with van der Waals surface area (Å²) in [6, 6.07) is 80.3. The molecule has 4 aliphatic rings. The summed E-state index contributed by atoms with van der Waals surface area (Å²) in [5, 5.41) is 4.83. The Morgan fingerprint density at radius 1 is 0.296 bits per heavy atom. The Bertz CT molecular complexity index is 4220. The molecule has 4 aromatic heterocycles. The molecule has 5 nitrogen and oxygen atoms in total. The van der Waals surface area contributed by atoms with Crippen molar-refractivity contribution in [1.82, 2.24) is 19.1 Å². The van der Waals surface area contributed by atoms with Crippen LogP contribution in [0.15, 0.2) is 231 Å². The van der Waals surface area contributed by atoms with E-state index in [9.17, 15) is 0 Å². The van der Waals surface area contributed by atoms with E-state index in [1.807, 2.05) is 12.4 Å². The minimum atomic E-state index is -0.899. The van der Waals surface area contributed by atoms with Gasteiger partial charge in [0.25, 0.3) is 0 Å². The van der Waals surface area contributed by atoms with Crippen molar-refractivity contribution in [1.29, 1.82) is 0 Å². The van der Waals surface area contributed by atoms with Crippen LogP contribution in [-0.4, -0.2) is 19.1 Å². The Morgan fingerprint density at radius 3 is 1.15 bits per heavy atom. The molecule has 17 rings (SSSR count). The van der Waals surface area contributed by atoms with Crippen LogP contribution in [0.5, 0.6) is 11.5 Å². The van der Waals surface area contributed by atoms with Crippen LogP contribution >= 0.6 is 0 Å². The Kier molecular flexibility index (Phi) is 7.03. The minimum absolute atomic E-state index is 0.538. The highest BCUT2D eigenvalue weighted by atomic mass is 16.5. The Hall–Kier alpha value is -9.32. The first kappa shape index (κ1) is 37.6. The second-order valence-corrected chi connectivity index (χ2v) is 19.5. The summed E-state index contributed by atoms with van der Waals surface area (Å²) < 4.78 is 12.2. The molecule has 71 heavy (non-hydrogen) atoms. The zero-order valence-corrected chi connectivity index (χ0v) is 38.1. The third kappa shape index (κ3) is 4.45. The van der Waals surface area contributed by atoms with Crippen LogP contribution in [0.4, 0.5) is 0 Å². The van der Waals surface area contributed by atoms with E-state index >= 15 is 0 Å². The van der Waals surface area contributed by atoms with Crippen LogP contribution in [0.1, 0.15) is 44.5 Å². The van der Waals surface area contributed by atoms with E-state index in [4.69, 9.17) is 14.7 Å². The van der Waals surface area contributed by atoms with E-state index < -0.39 is 10.8 Å². The van der Waals surface area contributed by atoms with E-state index in [1.54, 1.807) is 0 Å². The average Bonchev–Trinajstić information content (AvgIpc) is 4.20. The number of rotatable bonds is 2. The van der Waals surface area contributed by atoms with Crippen molar-refractivity contribution in [3.8, 4) is 56.5 Å². The van der Waals surface area contributed by atoms with Crippen molar-refractivity contribution in [3.63, 3.8) is 0 Å². The molecule has 3 aliphatic carbocycles. The molecule has 0 bridgehead atoms. The molecule has 9 aromatic carbocycles. The lowest BCUT2D eigenvalue weighted by Crippen LogP contribution is -2.33. The molecule has 0 saturated heterocycles. The molecule has 2 spiro atoms. The van der Waals surface area contributed by atoms with Gasteiger partial charge < -0.3 is 13.9 Å². The first-order chi connectivity index (χ1) is 35.2. The van der Waals surface area contributed by atoms with Gasteiger partial charge in [-0.25, -0.2) is 0 Å². The maximum atomic E-state index is 7.38. The van der Waals surface area contributed by atoms with Crippen molar-refractivity contribution in [2.45, 2.75) is 10.8 Å². The lowest BCUT2D eigenvalue weighted by Gasteiger charge is -2.40. The predicted octanol–water partition coefficient (Wildman–Crippen LogP) is 15.5. The van der Waals surface area contributed by atoms with Gasteiger partial charge in [0.05, 0.1) is 68.1 Å². The fourth-order valence-corrected chi connectivity index (χ4v) is 13.9. The normalized spacial score (nSPS) is 14.5. The van der Waals surface area contributed by atoms with E-state index in [0.29, 0.717) is 0 Å². The van der Waals surface area contributed by atoms with Gasteiger partial charge in [0.15, 0.2) is 0 Å². The lowest BCUT2D eigenvalue weighted by atomic mass is 9.65. The molecule has 0 unspecified atom stereocenters. The van der Waals surface area contributed by atoms with Gasteiger partial charge in [0.1, 0.15) is 11.5 Å². The van der Waals surface area contributed by atoms with Crippen molar-refractivity contribution >= 4 is 43.6 Å². The van der Waals surface area contributed by atoms with Gasteiger partial charge in [0, 0.05) is 43.8 Å². The molecule has 0 fully saturated rings. The van der Waals surface area contributed by atoms with Gasteiger partial charge in [0.2, 0.25) is 0 Å². The number of nitrogens with zero attached hydrogens (tertiary/aromatic N) is 4. The quantitative estimate of drug-likeness (QED) is 0.174. The molecule has 5 heteroatoms. The highest BCUT2D eigenvalue weighted by Gasteiger charge is 2.56. The summed E-state index contributed by atoms with van der Waals surface area (Å²) in [7, 11) is 0. The van der Waals surface area contributed by atoms with Crippen molar-refractivity contribution in [2.75, 3.05) is 0 Å². The summed E-state index contributed by atoms with van der Waals surface area (Å²) in [5.74, 6) is 1.65. The van der Waals surface area contributed by atoms with Crippen LogP contribution in [-0.2, 0) is 10.8 Å². The summed E-state index contributed by atoms with van der Waals surface area (Å²) in [5.41, 5.74) is 21.2. The zero-order chi connectivity index (χ0) is 46.2. The second kappa shape index (κ2) is 13.3. The van der Waals surface area contributed by atoms with Gasteiger partial charge in [-0.15, -0.1) is 0 Å². The van der Waals surface area contributed by atoms with Crippen molar-refractivity contribution in [3.05, 3.63) is 275 Å². The number of para-hydroxylation sites is 5. The highest BCUT2D eigenvalue weighted by molar-refractivity contribution is 6.10. The molecule has 5 heterocycles. The van der Waals surface area contributed by atoms with E-state index in [0.717, 1.165) is 78.6 Å². The van der Waals surface area contributed by atoms with E-state index in [1.165, 1.54) is 66.1 Å². The number of pyridine rings is 2. The largest absolute Gasteiger partial charge is 0.457 e. The summed E-state index contributed by atoms with van der Waals surface area (Å²) in [4.78, 5) is 11.1. The fourth-order valence-electron chi connectivity index (χ4n) is 13.9. The number of benzene rings is 9.